The molecule has 0 saturated carbocycles. The first-order valence-corrected chi connectivity index (χ1v) is 8.63. The minimum atomic E-state index is -0.984. The van der Waals surface area contributed by atoms with Gasteiger partial charge in [0.15, 0.2) is 6.29 Å². The topological polar surface area (TPSA) is 55.4 Å². The van der Waals surface area contributed by atoms with Crippen LogP contribution in [0.4, 0.5) is 0 Å². The van der Waals surface area contributed by atoms with Gasteiger partial charge in [-0.3, -0.25) is 4.74 Å². The number of methoxy groups -OCH3 is 1. The Kier molecular flexibility index (Phi) is 9.73. The van der Waals surface area contributed by atoms with E-state index in [0.717, 1.165) is 12.8 Å². The Morgan fingerprint density at radius 1 is 1.14 bits per heavy atom. The summed E-state index contributed by atoms with van der Waals surface area (Å²) in [5.74, 6) is -1.42. The molecule has 1 rings (SSSR count). The lowest BCUT2D eigenvalue weighted by Crippen LogP contribution is -2.46. The highest BCUT2D eigenvalue weighted by atomic mass is 28.1. The second kappa shape index (κ2) is 10.7. The maximum absolute atomic E-state index is 5.99. The molecule has 1 aliphatic heterocycles. The molecule has 6 nitrogen and oxygen atoms in total. The van der Waals surface area contributed by atoms with Gasteiger partial charge in [-0.05, 0) is 19.3 Å². The molecule has 3 radical (unpaired) electrons. The van der Waals surface area contributed by atoms with E-state index >= 15 is 0 Å². The summed E-state index contributed by atoms with van der Waals surface area (Å²) in [7, 11) is 4.87. The molecule has 3 atom stereocenters. The molecule has 0 spiro atoms. The lowest BCUT2D eigenvalue weighted by Gasteiger charge is -2.38. The van der Waals surface area contributed by atoms with Crippen molar-refractivity contribution in [1.82, 2.24) is 0 Å². The molecular formula is C15H29O6Si. The van der Waals surface area contributed by atoms with E-state index in [9.17, 15) is 0 Å². The van der Waals surface area contributed by atoms with Crippen molar-refractivity contribution in [2.75, 3.05) is 26.9 Å². The molecule has 1 heterocycles. The summed E-state index contributed by atoms with van der Waals surface area (Å²) < 4.78 is 33.8. The highest BCUT2D eigenvalue weighted by Crippen LogP contribution is 2.27. The molecule has 0 aromatic heterocycles. The maximum Gasteiger partial charge on any atom is 0.284 e. The van der Waals surface area contributed by atoms with Crippen molar-refractivity contribution in [1.29, 1.82) is 0 Å². The first-order chi connectivity index (χ1) is 10.6. The Morgan fingerprint density at radius 2 is 1.82 bits per heavy atom. The third-order valence-electron chi connectivity index (χ3n) is 3.46. The molecule has 1 fully saturated rings. The Labute approximate surface area is 137 Å². The Balaban J connectivity index is 2.50. The second-order valence-electron chi connectivity index (χ2n) is 5.11. The molecule has 1 saturated heterocycles. The summed E-state index contributed by atoms with van der Waals surface area (Å²) >= 11 is 0. The molecule has 0 bridgehead atoms. The van der Waals surface area contributed by atoms with Crippen LogP contribution in [-0.2, 0) is 28.4 Å². The lowest BCUT2D eigenvalue weighted by atomic mass is 10.3. The SMILES string of the molecule is CCC(COC([Si])OC)OC(CC)OC1(CC)OCCCO1. The highest BCUT2D eigenvalue weighted by molar-refractivity contribution is 6.09. The van der Waals surface area contributed by atoms with E-state index in [-0.39, 0.29) is 6.10 Å². The predicted molar refractivity (Wildman–Crippen MR) is 82.4 cm³/mol. The third-order valence-corrected chi connectivity index (χ3v) is 3.86. The van der Waals surface area contributed by atoms with Crippen LogP contribution >= 0.6 is 0 Å². The van der Waals surface area contributed by atoms with Crippen molar-refractivity contribution in [3.63, 3.8) is 0 Å². The third kappa shape index (κ3) is 6.62. The van der Waals surface area contributed by atoms with Gasteiger partial charge in [0.2, 0.25) is 0 Å². The quantitative estimate of drug-likeness (QED) is 0.426. The molecule has 129 valence electrons. The van der Waals surface area contributed by atoms with Crippen molar-refractivity contribution in [2.45, 2.75) is 70.7 Å². The van der Waals surface area contributed by atoms with Crippen molar-refractivity contribution < 1.29 is 28.4 Å². The zero-order valence-corrected chi connectivity index (χ0v) is 15.1. The van der Waals surface area contributed by atoms with Gasteiger partial charge in [0.25, 0.3) is 5.97 Å². The first-order valence-electron chi connectivity index (χ1n) is 8.05. The van der Waals surface area contributed by atoms with Gasteiger partial charge in [0.1, 0.15) is 16.2 Å². The van der Waals surface area contributed by atoms with Gasteiger partial charge >= 0.3 is 0 Å². The van der Waals surface area contributed by atoms with Crippen LogP contribution in [0.25, 0.3) is 0 Å². The van der Waals surface area contributed by atoms with E-state index < -0.39 is 18.2 Å². The molecule has 1 aliphatic rings. The molecule has 3 unspecified atom stereocenters. The highest BCUT2D eigenvalue weighted by Gasteiger charge is 2.37. The second-order valence-corrected chi connectivity index (χ2v) is 5.58. The molecule has 0 N–H and O–H groups in total. The molecule has 0 amide bonds. The fourth-order valence-corrected chi connectivity index (χ4v) is 2.15. The minimum absolute atomic E-state index is 0.0866. The zero-order chi connectivity index (χ0) is 16.4. The predicted octanol–water partition coefficient (Wildman–Crippen LogP) is 2.15. The number of hydrogen-bond acceptors (Lipinski definition) is 6. The summed E-state index contributed by atoms with van der Waals surface area (Å²) in [5.41, 5.74) is 0. The van der Waals surface area contributed by atoms with Gasteiger partial charge in [0, 0.05) is 13.5 Å². The minimum Gasteiger partial charge on any atom is -0.361 e. The van der Waals surface area contributed by atoms with E-state index in [1.54, 1.807) is 7.11 Å². The van der Waals surface area contributed by atoms with Crippen molar-refractivity contribution >= 4 is 10.2 Å². The van der Waals surface area contributed by atoms with Crippen molar-refractivity contribution in [2.24, 2.45) is 0 Å². The Bertz CT molecular complexity index is 285. The van der Waals surface area contributed by atoms with E-state index in [1.807, 2.05) is 20.8 Å². The summed E-state index contributed by atoms with van der Waals surface area (Å²) in [5, 5.41) is 0. The van der Waals surface area contributed by atoms with E-state index in [2.05, 4.69) is 10.2 Å². The fourth-order valence-electron chi connectivity index (χ4n) is 2.05. The number of ether oxygens (including phenoxy) is 6. The Hall–Kier alpha value is -0.0231. The van der Waals surface area contributed by atoms with Crippen LogP contribution in [0.3, 0.4) is 0 Å². The largest absolute Gasteiger partial charge is 0.361 e. The summed E-state index contributed by atoms with van der Waals surface area (Å²) in [6.07, 6.45) is 2.53. The normalized spacial score (nSPS) is 22.2. The summed E-state index contributed by atoms with van der Waals surface area (Å²) in [6.45, 7) is 7.73. The van der Waals surface area contributed by atoms with Crippen LogP contribution in [0, 0.1) is 0 Å². The van der Waals surface area contributed by atoms with Crippen LogP contribution in [0.5, 0.6) is 0 Å². The summed E-state index contributed by atoms with van der Waals surface area (Å²) in [4.78, 5) is 0. The van der Waals surface area contributed by atoms with Crippen LogP contribution in [0.2, 0.25) is 0 Å². The monoisotopic (exact) mass is 333 g/mol. The molecule has 0 aromatic carbocycles. The first kappa shape index (κ1) is 20.0. The number of hydrogen-bond donors (Lipinski definition) is 0. The van der Waals surface area contributed by atoms with Gasteiger partial charge in [-0.25, -0.2) is 0 Å². The Morgan fingerprint density at radius 3 is 2.32 bits per heavy atom. The van der Waals surface area contributed by atoms with E-state index in [4.69, 9.17) is 28.4 Å². The van der Waals surface area contributed by atoms with Gasteiger partial charge in [-0.15, -0.1) is 0 Å². The lowest BCUT2D eigenvalue weighted by molar-refractivity contribution is -0.437. The van der Waals surface area contributed by atoms with Gasteiger partial charge in [-0.1, -0.05) is 20.8 Å². The average molecular weight is 333 g/mol. The van der Waals surface area contributed by atoms with Crippen LogP contribution in [-0.4, -0.2) is 61.5 Å². The van der Waals surface area contributed by atoms with Gasteiger partial charge in [-0.2, -0.15) is 0 Å². The summed E-state index contributed by atoms with van der Waals surface area (Å²) in [6, 6.07) is 0. The van der Waals surface area contributed by atoms with Crippen molar-refractivity contribution in [3.05, 3.63) is 0 Å². The van der Waals surface area contributed by atoms with Gasteiger partial charge in [0.05, 0.1) is 25.9 Å². The van der Waals surface area contributed by atoms with Crippen LogP contribution < -0.4 is 0 Å². The maximum atomic E-state index is 5.99. The average Bonchev–Trinajstić information content (AvgIpc) is 2.57. The van der Waals surface area contributed by atoms with Crippen LogP contribution in [0.15, 0.2) is 0 Å². The molecule has 7 heteroatoms. The van der Waals surface area contributed by atoms with E-state index in [1.165, 1.54) is 0 Å². The van der Waals surface area contributed by atoms with Gasteiger partial charge < -0.3 is 23.7 Å². The standard InChI is InChI=1S/C15H29O6Si/c1-5-12(11-17-14(22)16-4)20-13(6-2)21-15(7-3)18-9-8-10-19-15/h12-14H,5-11H2,1-4H3. The zero-order valence-electron chi connectivity index (χ0n) is 14.1. The van der Waals surface area contributed by atoms with Crippen molar-refractivity contribution in [3.8, 4) is 0 Å². The molecule has 0 aromatic rings. The van der Waals surface area contributed by atoms with E-state index in [0.29, 0.717) is 32.7 Å². The molecule has 0 aliphatic carbocycles. The molecule has 22 heavy (non-hydrogen) atoms. The molecular weight excluding hydrogens is 304 g/mol. The number of rotatable bonds is 11. The fraction of sp³-hybridized carbons (Fsp3) is 1.00. The van der Waals surface area contributed by atoms with Crippen LogP contribution in [0.1, 0.15) is 46.5 Å². The smallest absolute Gasteiger partial charge is 0.284 e.